The van der Waals surface area contributed by atoms with Crippen molar-refractivity contribution in [3.63, 3.8) is 0 Å². The number of methoxy groups -OCH3 is 2. The summed E-state index contributed by atoms with van der Waals surface area (Å²) >= 11 is 0. The number of nitrogens with two attached hydrogens (primary N) is 1. The van der Waals surface area contributed by atoms with Crippen LogP contribution in [0.5, 0.6) is 11.5 Å². The summed E-state index contributed by atoms with van der Waals surface area (Å²) in [6.07, 6.45) is -0.917. The molecule has 2 aromatic rings. The summed E-state index contributed by atoms with van der Waals surface area (Å²) in [6, 6.07) is 9.34. The van der Waals surface area contributed by atoms with Crippen LogP contribution in [0.25, 0.3) is 0 Å². The van der Waals surface area contributed by atoms with Crippen molar-refractivity contribution >= 4 is 16.0 Å². The molecule has 0 aliphatic carbocycles. The lowest BCUT2D eigenvalue weighted by Crippen LogP contribution is -2.26. The first-order valence-corrected chi connectivity index (χ1v) is 10.6. The Labute approximate surface area is 175 Å². The number of ether oxygens (including phenoxy) is 3. The minimum absolute atomic E-state index is 0.00937. The van der Waals surface area contributed by atoms with E-state index in [4.69, 9.17) is 14.6 Å². The van der Waals surface area contributed by atoms with E-state index in [1.165, 1.54) is 26.4 Å². The monoisotopic (exact) mass is 438 g/mol. The average molecular weight is 439 g/mol. The number of rotatable bonds is 10. The number of primary sulfonamides is 1. The second kappa shape index (κ2) is 10.4. The predicted octanol–water partition coefficient (Wildman–Crippen LogP) is 1.14. The number of esters is 1. The van der Waals surface area contributed by atoms with E-state index in [9.17, 15) is 18.3 Å². The molecule has 1 atom stereocenters. The van der Waals surface area contributed by atoms with Crippen molar-refractivity contribution < 1.29 is 32.5 Å². The van der Waals surface area contributed by atoms with Crippen LogP contribution in [0.4, 0.5) is 0 Å². The summed E-state index contributed by atoms with van der Waals surface area (Å²) in [5.74, 6) is 0.383. The highest BCUT2D eigenvalue weighted by Crippen LogP contribution is 2.28. The maximum absolute atomic E-state index is 11.6. The Balaban J connectivity index is 1.88. The number of aliphatic hydroxyl groups excluding tert-OH is 1. The molecule has 9 nitrogen and oxygen atoms in total. The van der Waals surface area contributed by atoms with E-state index >= 15 is 0 Å². The van der Waals surface area contributed by atoms with Crippen molar-refractivity contribution in [3.05, 3.63) is 53.1 Å². The first kappa shape index (κ1) is 23.6. The molecule has 0 aliphatic heterocycles. The maximum atomic E-state index is 11.6. The second-order valence-corrected chi connectivity index (χ2v) is 8.03. The largest absolute Gasteiger partial charge is 0.493 e. The van der Waals surface area contributed by atoms with Crippen LogP contribution in [-0.2, 0) is 14.8 Å². The summed E-state index contributed by atoms with van der Waals surface area (Å²) in [5, 5.41) is 18.5. The SMILES string of the molecule is COC(=O)c1ccc(OCCNCC(O)c2ccc(C)c(S(N)(=O)=O)c2)c(OC)c1. The molecule has 0 fully saturated rings. The third kappa shape index (κ3) is 6.17. The molecule has 0 aliphatic rings. The van der Waals surface area contributed by atoms with Gasteiger partial charge < -0.3 is 24.6 Å². The second-order valence-electron chi connectivity index (χ2n) is 6.50. The number of sulfonamides is 1. The summed E-state index contributed by atoms with van der Waals surface area (Å²) in [5.41, 5.74) is 1.31. The Morgan fingerprint density at radius 1 is 1.17 bits per heavy atom. The summed E-state index contributed by atoms with van der Waals surface area (Å²) in [6.45, 7) is 2.51. The third-order valence-corrected chi connectivity index (χ3v) is 5.42. The lowest BCUT2D eigenvalue weighted by Gasteiger charge is -2.15. The Morgan fingerprint density at radius 3 is 2.53 bits per heavy atom. The molecule has 0 radical (unpaired) electrons. The predicted molar refractivity (Wildman–Crippen MR) is 110 cm³/mol. The zero-order valence-electron chi connectivity index (χ0n) is 17.0. The molecule has 0 saturated heterocycles. The Bertz CT molecular complexity index is 993. The van der Waals surface area contributed by atoms with E-state index < -0.39 is 22.1 Å². The molecule has 2 rings (SSSR count). The van der Waals surface area contributed by atoms with Gasteiger partial charge in [-0.25, -0.2) is 18.4 Å². The normalized spacial score (nSPS) is 12.3. The van der Waals surface area contributed by atoms with Gasteiger partial charge in [-0.15, -0.1) is 0 Å². The summed E-state index contributed by atoms with van der Waals surface area (Å²) in [4.78, 5) is 11.6. The number of carbonyl (C=O) groups excluding carboxylic acids is 1. The highest BCUT2D eigenvalue weighted by molar-refractivity contribution is 7.89. The Morgan fingerprint density at radius 2 is 1.90 bits per heavy atom. The first-order valence-electron chi connectivity index (χ1n) is 9.08. The van der Waals surface area contributed by atoms with E-state index in [0.29, 0.717) is 34.7 Å². The van der Waals surface area contributed by atoms with Crippen LogP contribution in [0, 0.1) is 6.92 Å². The lowest BCUT2D eigenvalue weighted by atomic mass is 10.1. The average Bonchev–Trinajstić information content (AvgIpc) is 2.72. The fraction of sp³-hybridized carbons (Fsp3) is 0.350. The van der Waals surface area contributed by atoms with Gasteiger partial charge in [0, 0.05) is 13.1 Å². The third-order valence-electron chi connectivity index (χ3n) is 4.36. The van der Waals surface area contributed by atoms with Crippen LogP contribution in [0.1, 0.15) is 27.6 Å². The van der Waals surface area contributed by atoms with Gasteiger partial charge in [0.15, 0.2) is 11.5 Å². The van der Waals surface area contributed by atoms with Gasteiger partial charge in [-0.3, -0.25) is 0 Å². The quantitative estimate of drug-likeness (QED) is 0.371. The lowest BCUT2D eigenvalue weighted by molar-refractivity contribution is 0.0600. The molecule has 1 unspecified atom stereocenters. The van der Waals surface area contributed by atoms with Crippen molar-refractivity contribution in [2.45, 2.75) is 17.9 Å². The Hall–Kier alpha value is -2.66. The molecular weight excluding hydrogens is 412 g/mol. The molecule has 0 bridgehead atoms. The summed E-state index contributed by atoms with van der Waals surface area (Å²) < 4.78 is 38.8. The van der Waals surface area contributed by atoms with E-state index in [-0.39, 0.29) is 18.0 Å². The molecule has 0 aromatic heterocycles. The van der Waals surface area contributed by atoms with Crippen LogP contribution >= 0.6 is 0 Å². The van der Waals surface area contributed by atoms with E-state index in [1.54, 1.807) is 31.2 Å². The molecule has 10 heteroatoms. The van der Waals surface area contributed by atoms with Crippen molar-refractivity contribution in [1.82, 2.24) is 5.32 Å². The fourth-order valence-corrected chi connectivity index (χ4v) is 3.57. The van der Waals surface area contributed by atoms with Crippen LogP contribution in [0.15, 0.2) is 41.3 Å². The number of nitrogens with one attached hydrogen (secondary N) is 1. The van der Waals surface area contributed by atoms with Gasteiger partial charge in [0.1, 0.15) is 6.61 Å². The molecule has 0 amide bonds. The minimum atomic E-state index is -3.86. The molecule has 4 N–H and O–H groups in total. The zero-order chi connectivity index (χ0) is 22.3. The van der Waals surface area contributed by atoms with Gasteiger partial charge in [-0.05, 0) is 42.3 Å². The Kier molecular flexibility index (Phi) is 8.18. The molecular formula is C20H26N2O7S. The smallest absolute Gasteiger partial charge is 0.337 e. The van der Waals surface area contributed by atoms with Gasteiger partial charge in [0.05, 0.1) is 30.8 Å². The highest BCUT2D eigenvalue weighted by atomic mass is 32.2. The van der Waals surface area contributed by atoms with Crippen LogP contribution < -0.4 is 19.9 Å². The van der Waals surface area contributed by atoms with Gasteiger partial charge >= 0.3 is 5.97 Å². The number of aliphatic hydroxyl groups is 1. The standard InChI is InChI=1S/C20H26N2O7S/c1-13-4-5-14(11-19(13)30(21,25)26)16(23)12-22-8-9-29-17-7-6-15(20(24)28-3)10-18(17)27-2/h4-7,10-11,16,22-23H,8-9,12H2,1-3H3,(H2,21,25,26). The highest BCUT2D eigenvalue weighted by Gasteiger charge is 2.16. The molecule has 164 valence electrons. The van der Waals surface area contributed by atoms with Crippen molar-refractivity contribution in [2.24, 2.45) is 5.14 Å². The number of aryl methyl sites for hydroxylation is 1. The van der Waals surface area contributed by atoms with E-state index in [2.05, 4.69) is 10.1 Å². The minimum Gasteiger partial charge on any atom is -0.493 e. The van der Waals surface area contributed by atoms with E-state index in [0.717, 1.165) is 0 Å². The fourth-order valence-electron chi connectivity index (χ4n) is 2.75. The van der Waals surface area contributed by atoms with Crippen molar-refractivity contribution in [2.75, 3.05) is 33.9 Å². The first-order chi connectivity index (χ1) is 14.2. The summed E-state index contributed by atoms with van der Waals surface area (Å²) in [7, 11) is -1.09. The van der Waals surface area contributed by atoms with Crippen LogP contribution in [-0.4, -0.2) is 53.4 Å². The molecule has 0 spiro atoms. The zero-order valence-corrected chi connectivity index (χ0v) is 17.9. The van der Waals surface area contributed by atoms with Crippen molar-refractivity contribution in [3.8, 4) is 11.5 Å². The number of benzene rings is 2. The van der Waals surface area contributed by atoms with E-state index in [1.807, 2.05) is 0 Å². The van der Waals surface area contributed by atoms with Crippen LogP contribution in [0.3, 0.4) is 0 Å². The topological polar surface area (TPSA) is 137 Å². The molecule has 0 saturated carbocycles. The van der Waals surface area contributed by atoms with Gasteiger partial charge in [-0.1, -0.05) is 12.1 Å². The molecule has 30 heavy (non-hydrogen) atoms. The van der Waals surface area contributed by atoms with Gasteiger partial charge in [0.25, 0.3) is 0 Å². The number of carbonyl (C=O) groups is 1. The molecule has 2 aromatic carbocycles. The number of hydrogen-bond donors (Lipinski definition) is 3. The molecule has 0 heterocycles. The van der Waals surface area contributed by atoms with Crippen LogP contribution in [0.2, 0.25) is 0 Å². The van der Waals surface area contributed by atoms with Crippen molar-refractivity contribution in [1.29, 1.82) is 0 Å². The number of hydrogen-bond acceptors (Lipinski definition) is 8. The van der Waals surface area contributed by atoms with Gasteiger partial charge in [-0.2, -0.15) is 0 Å². The maximum Gasteiger partial charge on any atom is 0.337 e. The van der Waals surface area contributed by atoms with Gasteiger partial charge in [0.2, 0.25) is 10.0 Å².